The van der Waals surface area contributed by atoms with Gasteiger partial charge in [-0.3, -0.25) is 4.79 Å². The lowest BCUT2D eigenvalue weighted by Gasteiger charge is -2.13. The second-order valence-corrected chi connectivity index (χ2v) is 8.21. The molecule has 0 unspecified atom stereocenters. The van der Waals surface area contributed by atoms with Crippen LogP contribution < -0.4 is 10.1 Å². The molecule has 1 aromatic heterocycles. The minimum atomic E-state index is -4.44. The number of nitrogens with one attached hydrogen (secondary N) is 1. The number of hydrogen-bond donors (Lipinski definition) is 1. The number of hydrogen-bond acceptors (Lipinski definition) is 5. The molecule has 3 aromatic rings. The molecule has 0 aliphatic carbocycles. The molecule has 1 atom stereocenters. The molecule has 0 spiro atoms. The zero-order chi connectivity index (χ0) is 22.6. The first-order valence-corrected chi connectivity index (χ1v) is 11.0. The molecule has 5 nitrogen and oxygen atoms in total. The fraction of sp³-hybridized carbons (Fsp3) is 0.304. The van der Waals surface area contributed by atoms with E-state index in [1.54, 1.807) is 29.6 Å². The number of carbonyl (C=O) groups is 1. The van der Waals surface area contributed by atoms with Gasteiger partial charge in [-0.05, 0) is 31.0 Å². The second kappa shape index (κ2) is 9.70. The third-order valence-corrected chi connectivity index (χ3v) is 5.94. The van der Waals surface area contributed by atoms with Crippen LogP contribution in [0.25, 0.3) is 10.6 Å². The molecular weight excluding hydrogens is 441 g/mol. The van der Waals surface area contributed by atoms with Crippen LogP contribution >= 0.6 is 11.3 Å². The highest BCUT2D eigenvalue weighted by molar-refractivity contribution is 7.13. The number of ether oxygens (including phenoxy) is 2. The van der Waals surface area contributed by atoms with Crippen LogP contribution in [-0.4, -0.2) is 30.1 Å². The number of rotatable bonds is 7. The lowest BCUT2D eigenvalue weighted by Crippen LogP contribution is -2.31. The van der Waals surface area contributed by atoms with Crippen LogP contribution in [0, 0.1) is 0 Å². The SMILES string of the molecule is O=C(NC[C@H]1CCCO1)c1csc(-c2cccc(OCc3ccccc3C(F)(F)F)c2)n1. The van der Waals surface area contributed by atoms with E-state index < -0.39 is 11.7 Å². The average Bonchev–Trinajstić information content (AvgIpc) is 3.48. The van der Waals surface area contributed by atoms with E-state index in [9.17, 15) is 18.0 Å². The van der Waals surface area contributed by atoms with Crippen molar-refractivity contribution >= 4 is 17.2 Å². The Hall–Kier alpha value is -2.91. The van der Waals surface area contributed by atoms with Crippen molar-refractivity contribution in [1.82, 2.24) is 10.3 Å². The fourth-order valence-corrected chi connectivity index (χ4v) is 4.21. The Morgan fingerprint density at radius 2 is 2.06 bits per heavy atom. The molecule has 1 fully saturated rings. The molecule has 2 aromatic carbocycles. The third-order valence-electron chi connectivity index (χ3n) is 5.05. The van der Waals surface area contributed by atoms with Gasteiger partial charge in [-0.2, -0.15) is 13.2 Å². The van der Waals surface area contributed by atoms with E-state index in [1.165, 1.54) is 23.5 Å². The van der Waals surface area contributed by atoms with Crippen LogP contribution in [0.4, 0.5) is 13.2 Å². The Bertz CT molecular complexity index is 1080. The minimum absolute atomic E-state index is 0.0494. The zero-order valence-electron chi connectivity index (χ0n) is 17.0. The summed E-state index contributed by atoms with van der Waals surface area (Å²) >= 11 is 1.31. The van der Waals surface area contributed by atoms with Gasteiger partial charge in [0.05, 0.1) is 11.7 Å². The monoisotopic (exact) mass is 462 g/mol. The molecule has 2 heterocycles. The number of amides is 1. The summed E-state index contributed by atoms with van der Waals surface area (Å²) in [6.07, 6.45) is -2.46. The molecule has 1 amide bonds. The van der Waals surface area contributed by atoms with Crippen molar-refractivity contribution < 1.29 is 27.4 Å². The van der Waals surface area contributed by atoms with Crippen molar-refractivity contribution in [2.45, 2.75) is 31.7 Å². The average molecular weight is 462 g/mol. The summed E-state index contributed by atoms with van der Waals surface area (Å²) in [7, 11) is 0. The van der Waals surface area contributed by atoms with E-state index in [-0.39, 0.29) is 24.2 Å². The summed E-state index contributed by atoms with van der Waals surface area (Å²) in [4.78, 5) is 16.7. The lowest BCUT2D eigenvalue weighted by atomic mass is 10.1. The highest BCUT2D eigenvalue weighted by atomic mass is 32.1. The smallest absolute Gasteiger partial charge is 0.416 e. The van der Waals surface area contributed by atoms with Crippen molar-refractivity contribution in [1.29, 1.82) is 0 Å². The van der Waals surface area contributed by atoms with Gasteiger partial charge >= 0.3 is 6.18 Å². The third kappa shape index (κ3) is 5.46. The Kier molecular flexibility index (Phi) is 6.76. The largest absolute Gasteiger partial charge is 0.489 e. The molecule has 4 rings (SSSR count). The fourth-order valence-electron chi connectivity index (χ4n) is 3.42. The lowest BCUT2D eigenvalue weighted by molar-refractivity contribution is -0.138. The van der Waals surface area contributed by atoms with E-state index in [1.807, 2.05) is 6.07 Å². The maximum atomic E-state index is 13.2. The molecule has 32 heavy (non-hydrogen) atoms. The second-order valence-electron chi connectivity index (χ2n) is 7.35. The van der Waals surface area contributed by atoms with Gasteiger partial charge in [0.25, 0.3) is 5.91 Å². The van der Waals surface area contributed by atoms with Crippen LogP contribution in [-0.2, 0) is 17.5 Å². The number of halogens is 3. The summed E-state index contributed by atoms with van der Waals surface area (Å²) in [5.41, 5.74) is 0.378. The summed E-state index contributed by atoms with van der Waals surface area (Å²) in [5, 5.41) is 5.13. The molecule has 1 aliphatic heterocycles. The van der Waals surface area contributed by atoms with Crippen molar-refractivity contribution in [3.63, 3.8) is 0 Å². The summed E-state index contributed by atoms with van der Waals surface area (Å²) in [5.74, 6) is 0.151. The zero-order valence-corrected chi connectivity index (χ0v) is 17.8. The summed E-state index contributed by atoms with van der Waals surface area (Å²) in [6.45, 7) is 0.962. The molecule has 1 N–H and O–H groups in total. The molecule has 0 saturated carbocycles. The van der Waals surface area contributed by atoms with Gasteiger partial charge in [-0.1, -0.05) is 30.3 Å². The van der Waals surface area contributed by atoms with Gasteiger partial charge < -0.3 is 14.8 Å². The van der Waals surface area contributed by atoms with Crippen molar-refractivity contribution in [2.75, 3.05) is 13.2 Å². The predicted octanol–water partition coefficient (Wildman–Crippen LogP) is 5.32. The number of aromatic nitrogens is 1. The molecule has 0 bridgehead atoms. The molecule has 1 saturated heterocycles. The summed E-state index contributed by atoms with van der Waals surface area (Å²) < 4.78 is 50.6. The topological polar surface area (TPSA) is 60.5 Å². The van der Waals surface area contributed by atoms with E-state index >= 15 is 0 Å². The van der Waals surface area contributed by atoms with Crippen LogP contribution in [0.3, 0.4) is 0 Å². The highest BCUT2D eigenvalue weighted by Crippen LogP contribution is 2.33. The van der Waals surface area contributed by atoms with Crippen molar-refractivity contribution in [3.05, 3.63) is 70.7 Å². The predicted molar refractivity (Wildman–Crippen MR) is 115 cm³/mol. The number of thiazole rings is 1. The van der Waals surface area contributed by atoms with Gasteiger partial charge in [-0.25, -0.2) is 4.98 Å². The summed E-state index contributed by atoms with van der Waals surface area (Å²) in [6, 6.07) is 12.2. The number of alkyl halides is 3. The Labute approximate surface area is 187 Å². The van der Waals surface area contributed by atoms with E-state index in [0.717, 1.165) is 31.1 Å². The first-order chi connectivity index (χ1) is 15.4. The first kappa shape index (κ1) is 22.3. The van der Waals surface area contributed by atoms with Gasteiger partial charge in [0.1, 0.15) is 23.1 Å². The van der Waals surface area contributed by atoms with Crippen LogP contribution in [0.2, 0.25) is 0 Å². The Morgan fingerprint density at radius 1 is 1.22 bits per heavy atom. The van der Waals surface area contributed by atoms with Gasteiger partial charge in [0.2, 0.25) is 0 Å². The number of carbonyl (C=O) groups excluding carboxylic acids is 1. The van der Waals surface area contributed by atoms with Crippen LogP contribution in [0.1, 0.15) is 34.5 Å². The minimum Gasteiger partial charge on any atom is -0.489 e. The van der Waals surface area contributed by atoms with Crippen molar-refractivity contribution in [3.8, 4) is 16.3 Å². The van der Waals surface area contributed by atoms with Crippen LogP contribution in [0.5, 0.6) is 5.75 Å². The molecule has 1 aliphatic rings. The van der Waals surface area contributed by atoms with Crippen molar-refractivity contribution in [2.24, 2.45) is 0 Å². The number of benzene rings is 2. The first-order valence-electron chi connectivity index (χ1n) is 10.1. The van der Waals surface area contributed by atoms with E-state index in [2.05, 4.69) is 10.3 Å². The Morgan fingerprint density at radius 3 is 2.84 bits per heavy atom. The maximum Gasteiger partial charge on any atom is 0.416 e. The van der Waals surface area contributed by atoms with Gasteiger partial charge in [-0.15, -0.1) is 11.3 Å². The molecule has 168 valence electrons. The normalized spacial score (nSPS) is 16.2. The quantitative estimate of drug-likeness (QED) is 0.517. The van der Waals surface area contributed by atoms with E-state index in [0.29, 0.717) is 23.0 Å². The molecule has 9 heteroatoms. The number of nitrogens with zero attached hydrogens (tertiary/aromatic N) is 1. The van der Waals surface area contributed by atoms with Gasteiger partial charge in [0, 0.05) is 29.7 Å². The van der Waals surface area contributed by atoms with E-state index in [4.69, 9.17) is 9.47 Å². The maximum absolute atomic E-state index is 13.2. The Balaban J connectivity index is 1.41. The molecule has 0 radical (unpaired) electrons. The van der Waals surface area contributed by atoms with Crippen LogP contribution in [0.15, 0.2) is 53.9 Å². The standard InChI is InChI=1S/C23H21F3N2O3S/c24-23(25,26)19-9-2-1-5-16(19)13-31-17-7-3-6-15(11-17)22-28-20(14-32-22)21(29)27-12-18-8-4-10-30-18/h1-3,5-7,9,11,14,18H,4,8,10,12-13H2,(H,27,29)/t18-/m1/s1. The van der Waals surface area contributed by atoms with Gasteiger partial charge in [0.15, 0.2) is 0 Å². The highest BCUT2D eigenvalue weighted by Gasteiger charge is 2.33. The molecular formula is C23H21F3N2O3S.